The van der Waals surface area contributed by atoms with Crippen LogP contribution in [0.1, 0.15) is 18.5 Å². The van der Waals surface area contributed by atoms with Crippen molar-refractivity contribution in [1.82, 2.24) is 10.2 Å². The minimum Gasteiger partial charge on any atom is -0.497 e. The molecular formula is C22H23FN2O5. The Balaban J connectivity index is 2.03. The van der Waals surface area contributed by atoms with Crippen molar-refractivity contribution in [3.8, 4) is 11.5 Å². The normalized spacial score (nSPS) is 16.2. The molecule has 0 aromatic heterocycles. The fourth-order valence-electron chi connectivity index (χ4n) is 3.17. The standard InChI is InChI=1S/C22H23FN2O5/c1-4-29-21(26)19-18(13-30-15-9-7-8-14(12-15)28-3)25(2)22(27)24-20(19)16-10-5-6-11-17(16)23/h5-12,20H,4,13H2,1-3H3,(H,24,27)/t20-/m1/s1. The predicted molar refractivity (Wildman–Crippen MR) is 108 cm³/mol. The van der Waals surface area contributed by atoms with Gasteiger partial charge in [-0.25, -0.2) is 14.0 Å². The molecule has 2 aromatic rings. The first kappa shape index (κ1) is 21.2. The highest BCUT2D eigenvalue weighted by atomic mass is 19.1. The minimum absolute atomic E-state index is 0.101. The molecule has 1 aliphatic heterocycles. The summed E-state index contributed by atoms with van der Waals surface area (Å²) in [4.78, 5) is 26.6. The molecule has 0 spiro atoms. The van der Waals surface area contributed by atoms with Crippen LogP contribution >= 0.6 is 0 Å². The molecule has 1 aliphatic rings. The Bertz CT molecular complexity index is 976. The molecule has 0 saturated carbocycles. The van der Waals surface area contributed by atoms with E-state index in [-0.39, 0.29) is 30.0 Å². The zero-order valence-electron chi connectivity index (χ0n) is 17.0. The Labute approximate surface area is 174 Å². The molecule has 2 amide bonds. The molecule has 2 aromatic carbocycles. The van der Waals surface area contributed by atoms with Crippen LogP contribution in [0.5, 0.6) is 11.5 Å². The number of halogens is 1. The molecule has 30 heavy (non-hydrogen) atoms. The summed E-state index contributed by atoms with van der Waals surface area (Å²) < 4.78 is 30.7. The number of carbonyl (C=O) groups excluding carboxylic acids is 2. The number of amides is 2. The van der Waals surface area contributed by atoms with E-state index >= 15 is 0 Å². The van der Waals surface area contributed by atoms with Gasteiger partial charge in [-0.2, -0.15) is 0 Å². The number of esters is 1. The Kier molecular flexibility index (Phi) is 6.56. The summed E-state index contributed by atoms with van der Waals surface area (Å²) in [7, 11) is 3.05. The van der Waals surface area contributed by atoms with Gasteiger partial charge in [0.1, 0.15) is 23.9 Å². The van der Waals surface area contributed by atoms with Crippen molar-refractivity contribution in [3.05, 3.63) is 71.2 Å². The summed E-state index contributed by atoms with van der Waals surface area (Å²) in [5.41, 5.74) is 0.570. The van der Waals surface area contributed by atoms with Gasteiger partial charge in [-0.1, -0.05) is 24.3 Å². The molecule has 0 unspecified atom stereocenters. The van der Waals surface area contributed by atoms with Crippen LogP contribution in [0.3, 0.4) is 0 Å². The zero-order valence-corrected chi connectivity index (χ0v) is 17.0. The van der Waals surface area contributed by atoms with Crippen molar-refractivity contribution >= 4 is 12.0 Å². The lowest BCUT2D eigenvalue weighted by molar-refractivity contribution is -0.139. The summed E-state index contributed by atoms with van der Waals surface area (Å²) in [6.45, 7) is 1.71. The second kappa shape index (κ2) is 9.30. The highest BCUT2D eigenvalue weighted by Gasteiger charge is 2.38. The number of hydrogen-bond acceptors (Lipinski definition) is 5. The number of methoxy groups -OCH3 is 1. The van der Waals surface area contributed by atoms with E-state index in [2.05, 4.69) is 5.32 Å². The van der Waals surface area contributed by atoms with Gasteiger partial charge < -0.3 is 19.5 Å². The Morgan fingerprint density at radius 2 is 1.90 bits per heavy atom. The summed E-state index contributed by atoms with van der Waals surface area (Å²) in [6.07, 6.45) is 0. The third-order valence-corrected chi connectivity index (χ3v) is 4.71. The average Bonchev–Trinajstić information content (AvgIpc) is 2.75. The van der Waals surface area contributed by atoms with Gasteiger partial charge in [-0.3, -0.25) is 4.90 Å². The maximum absolute atomic E-state index is 14.5. The highest BCUT2D eigenvalue weighted by Crippen LogP contribution is 2.32. The van der Waals surface area contributed by atoms with Crippen molar-refractivity contribution in [2.45, 2.75) is 13.0 Å². The first-order valence-electron chi connectivity index (χ1n) is 9.42. The van der Waals surface area contributed by atoms with Gasteiger partial charge in [-0.05, 0) is 25.1 Å². The van der Waals surface area contributed by atoms with E-state index in [1.165, 1.54) is 30.1 Å². The zero-order chi connectivity index (χ0) is 21.7. The van der Waals surface area contributed by atoms with E-state index in [0.29, 0.717) is 11.5 Å². The lowest BCUT2D eigenvalue weighted by Crippen LogP contribution is -2.48. The van der Waals surface area contributed by atoms with Crippen molar-refractivity contribution in [2.75, 3.05) is 27.4 Å². The van der Waals surface area contributed by atoms with Gasteiger partial charge >= 0.3 is 12.0 Å². The summed E-state index contributed by atoms with van der Waals surface area (Å²) in [6, 6.07) is 11.4. The van der Waals surface area contributed by atoms with Crippen molar-refractivity contribution in [2.24, 2.45) is 0 Å². The number of urea groups is 1. The van der Waals surface area contributed by atoms with Crippen LogP contribution in [0.25, 0.3) is 0 Å². The molecule has 1 atom stereocenters. The minimum atomic E-state index is -1.00. The Morgan fingerprint density at radius 1 is 1.17 bits per heavy atom. The van der Waals surface area contributed by atoms with Crippen LogP contribution in [-0.4, -0.2) is 44.3 Å². The molecule has 3 rings (SSSR count). The van der Waals surface area contributed by atoms with Crippen LogP contribution < -0.4 is 14.8 Å². The van der Waals surface area contributed by atoms with Crippen molar-refractivity contribution in [3.63, 3.8) is 0 Å². The molecule has 0 aliphatic carbocycles. The Morgan fingerprint density at radius 3 is 2.60 bits per heavy atom. The van der Waals surface area contributed by atoms with E-state index < -0.39 is 23.9 Å². The molecule has 0 saturated heterocycles. The van der Waals surface area contributed by atoms with Crippen LogP contribution in [0.15, 0.2) is 59.8 Å². The fourth-order valence-corrected chi connectivity index (χ4v) is 3.17. The number of likely N-dealkylation sites (N-methyl/N-ethyl adjacent to an activating group) is 1. The number of nitrogens with zero attached hydrogens (tertiary/aromatic N) is 1. The summed E-state index contributed by atoms with van der Waals surface area (Å²) >= 11 is 0. The van der Waals surface area contributed by atoms with Crippen LogP contribution in [0.2, 0.25) is 0 Å². The lowest BCUT2D eigenvalue weighted by atomic mass is 9.94. The SMILES string of the molecule is CCOC(=O)C1=C(COc2cccc(OC)c2)N(C)C(=O)N[C@@H]1c1ccccc1F. The lowest BCUT2D eigenvalue weighted by Gasteiger charge is -2.34. The average molecular weight is 414 g/mol. The van der Waals surface area contributed by atoms with E-state index in [1.54, 1.807) is 44.4 Å². The van der Waals surface area contributed by atoms with Crippen LogP contribution in [0.4, 0.5) is 9.18 Å². The van der Waals surface area contributed by atoms with Crippen LogP contribution in [0, 0.1) is 5.82 Å². The number of hydrogen-bond donors (Lipinski definition) is 1. The highest BCUT2D eigenvalue weighted by molar-refractivity contribution is 5.95. The molecule has 158 valence electrons. The molecule has 1 N–H and O–H groups in total. The smallest absolute Gasteiger partial charge is 0.338 e. The van der Waals surface area contributed by atoms with E-state index in [0.717, 1.165) is 0 Å². The number of carbonyl (C=O) groups is 2. The van der Waals surface area contributed by atoms with Gasteiger partial charge in [0.2, 0.25) is 0 Å². The molecule has 0 radical (unpaired) electrons. The summed E-state index contributed by atoms with van der Waals surface area (Å²) in [5.74, 6) is -0.0954. The quantitative estimate of drug-likeness (QED) is 0.703. The number of benzene rings is 2. The fraction of sp³-hybridized carbons (Fsp3) is 0.273. The molecular weight excluding hydrogens is 391 g/mol. The maximum atomic E-state index is 14.5. The Hall–Kier alpha value is -3.55. The number of ether oxygens (including phenoxy) is 3. The van der Waals surface area contributed by atoms with Gasteiger partial charge in [0.15, 0.2) is 0 Å². The van der Waals surface area contributed by atoms with Gasteiger partial charge in [0, 0.05) is 18.7 Å². The predicted octanol–water partition coefficient (Wildman–Crippen LogP) is 3.43. The van der Waals surface area contributed by atoms with E-state index in [4.69, 9.17) is 14.2 Å². The van der Waals surface area contributed by atoms with Gasteiger partial charge in [-0.15, -0.1) is 0 Å². The van der Waals surface area contributed by atoms with Gasteiger partial charge in [0.25, 0.3) is 0 Å². The third kappa shape index (κ3) is 4.37. The third-order valence-electron chi connectivity index (χ3n) is 4.71. The first-order valence-corrected chi connectivity index (χ1v) is 9.42. The number of nitrogens with one attached hydrogen (secondary N) is 1. The monoisotopic (exact) mass is 414 g/mol. The second-order valence-electron chi connectivity index (χ2n) is 6.51. The molecule has 8 heteroatoms. The van der Waals surface area contributed by atoms with E-state index in [9.17, 15) is 14.0 Å². The second-order valence-corrected chi connectivity index (χ2v) is 6.51. The van der Waals surface area contributed by atoms with Gasteiger partial charge in [0.05, 0.1) is 31.0 Å². The molecule has 0 fully saturated rings. The first-order chi connectivity index (χ1) is 14.5. The van der Waals surface area contributed by atoms with Crippen LogP contribution in [-0.2, 0) is 9.53 Å². The molecule has 7 nitrogen and oxygen atoms in total. The maximum Gasteiger partial charge on any atom is 0.338 e. The molecule has 0 bridgehead atoms. The van der Waals surface area contributed by atoms with Crippen molar-refractivity contribution < 1.29 is 28.2 Å². The largest absolute Gasteiger partial charge is 0.497 e. The molecule has 1 heterocycles. The summed E-state index contributed by atoms with van der Waals surface area (Å²) in [5, 5.41) is 2.67. The number of rotatable bonds is 7. The van der Waals surface area contributed by atoms with Crippen molar-refractivity contribution in [1.29, 1.82) is 0 Å². The topological polar surface area (TPSA) is 77.1 Å². The van der Waals surface area contributed by atoms with E-state index in [1.807, 2.05) is 0 Å².